The lowest BCUT2D eigenvalue weighted by Gasteiger charge is -2.39. The molecule has 0 radical (unpaired) electrons. The molecule has 4 rings (SSSR count). The lowest BCUT2D eigenvalue weighted by atomic mass is 10.2. The summed E-state index contributed by atoms with van der Waals surface area (Å²) < 4.78 is 14.2. The van der Waals surface area contributed by atoms with Gasteiger partial charge in [-0.25, -0.2) is 14.3 Å². The molecule has 1 aliphatic rings. The van der Waals surface area contributed by atoms with Gasteiger partial charge in [0.25, 0.3) is 0 Å². The molecular weight excluding hydrogens is 440 g/mol. The van der Waals surface area contributed by atoms with E-state index in [0.29, 0.717) is 24.9 Å². The minimum atomic E-state index is -0.530. The van der Waals surface area contributed by atoms with Gasteiger partial charge in [0, 0.05) is 16.7 Å². The highest BCUT2D eigenvalue weighted by Crippen LogP contribution is 2.29. The van der Waals surface area contributed by atoms with Gasteiger partial charge < -0.3 is 20.1 Å². The maximum absolute atomic E-state index is 12.1. The molecule has 2 aromatic heterocycles. The van der Waals surface area contributed by atoms with Gasteiger partial charge in [0.05, 0.1) is 24.1 Å². The van der Waals surface area contributed by atoms with Crippen molar-refractivity contribution in [3.05, 3.63) is 34.9 Å². The third-order valence-electron chi connectivity index (χ3n) is 4.25. The molecule has 0 bridgehead atoms. The molecule has 0 saturated carbocycles. The highest BCUT2D eigenvalue weighted by Gasteiger charge is 2.36. The molecule has 29 heavy (non-hydrogen) atoms. The third kappa shape index (κ3) is 4.12. The van der Waals surface area contributed by atoms with Crippen molar-refractivity contribution in [3.63, 3.8) is 0 Å². The number of halogens is 1. The molecule has 1 amide bonds. The van der Waals surface area contributed by atoms with Gasteiger partial charge in [0.2, 0.25) is 5.95 Å². The van der Waals surface area contributed by atoms with Crippen LogP contribution < -0.4 is 10.5 Å². The summed E-state index contributed by atoms with van der Waals surface area (Å²) in [5.41, 5.74) is 6.80. The van der Waals surface area contributed by atoms with Crippen LogP contribution in [0.5, 0.6) is 6.01 Å². The van der Waals surface area contributed by atoms with Crippen molar-refractivity contribution in [1.29, 1.82) is 0 Å². The number of carbonyl (C=O) groups is 1. The molecule has 3 heterocycles. The molecule has 2 N–H and O–H groups in total. The summed E-state index contributed by atoms with van der Waals surface area (Å²) in [6.07, 6.45) is 1.04. The molecule has 0 unspecified atom stereocenters. The monoisotopic (exact) mass is 460 g/mol. The summed E-state index contributed by atoms with van der Waals surface area (Å²) >= 11 is 3.49. The lowest BCUT2D eigenvalue weighted by molar-refractivity contribution is -0.0247. The Morgan fingerprint density at radius 2 is 2.00 bits per heavy atom. The van der Waals surface area contributed by atoms with E-state index in [1.165, 1.54) is 0 Å². The first-order valence-electron chi connectivity index (χ1n) is 9.11. The third-order valence-corrected chi connectivity index (χ3v) is 4.74. The molecular formula is C19H21BrN6O3. The molecule has 1 fully saturated rings. The van der Waals surface area contributed by atoms with Crippen LogP contribution in [0.15, 0.2) is 34.9 Å². The Morgan fingerprint density at radius 3 is 2.69 bits per heavy atom. The smallest absolute Gasteiger partial charge is 0.410 e. The second-order valence-electron chi connectivity index (χ2n) is 7.76. The van der Waals surface area contributed by atoms with E-state index >= 15 is 0 Å². The minimum Gasteiger partial charge on any atom is -0.457 e. The standard InChI is InChI=1S/C19H21BrN6O3/c1-19(2,3)29-18(27)25-9-12(10-25)28-17-23-13-5-4-11(20)8-14(13)26(17)15-6-7-22-16(21)24-15/h4-8,12H,9-10H2,1-3H3,(H2,21,22,24). The number of nitrogens with two attached hydrogens (primary N) is 1. The molecule has 0 spiro atoms. The van der Waals surface area contributed by atoms with Crippen LogP contribution in [-0.2, 0) is 4.74 Å². The van der Waals surface area contributed by atoms with E-state index in [1.807, 2.05) is 39.0 Å². The minimum absolute atomic E-state index is 0.157. The molecule has 0 atom stereocenters. The maximum atomic E-state index is 12.1. The van der Waals surface area contributed by atoms with Gasteiger partial charge in [-0.1, -0.05) is 15.9 Å². The fraction of sp³-hybridized carbons (Fsp3) is 0.368. The van der Waals surface area contributed by atoms with Crippen molar-refractivity contribution < 1.29 is 14.3 Å². The number of anilines is 1. The predicted molar refractivity (Wildman–Crippen MR) is 111 cm³/mol. The number of hydrogen-bond acceptors (Lipinski definition) is 7. The quantitative estimate of drug-likeness (QED) is 0.638. The maximum Gasteiger partial charge on any atom is 0.410 e. The molecule has 1 aromatic carbocycles. The van der Waals surface area contributed by atoms with Crippen molar-refractivity contribution >= 4 is 39.0 Å². The molecule has 1 aliphatic heterocycles. The number of fused-ring (bicyclic) bond motifs is 1. The second-order valence-corrected chi connectivity index (χ2v) is 8.68. The van der Waals surface area contributed by atoms with Crippen LogP contribution in [0.25, 0.3) is 16.9 Å². The van der Waals surface area contributed by atoms with E-state index in [1.54, 1.807) is 21.7 Å². The average Bonchev–Trinajstić information content (AvgIpc) is 2.93. The number of aromatic nitrogens is 4. The number of carbonyl (C=O) groups excluding carboxylic acids is 1. The number of nitrogen functional groups attached to an aromatic ring is 1. The van der Waals surface area contributed by atoms with Crippen molar-refractivity contribution in [1.82, 2.24) is 24.4 Å². The van der Waals surface area contributed by atoms with Gasteiger partial charge in [-0.2, -0.15) is 9.97 Å². The normalized spacial score (nSPS) is 14.7. The van der Waals surface area contributed by atoms with Crippen molar-refractivity contribution in [2.24, 2.45) is 0 Å². The first kappa shape index (κ1) is 19.4. The van der Waals surface area contributed by atoms with Crippen molar-refractivity contribution in [2.45, 2.75) is 32.5 Å². The van der Waals surface area contributed by atoms with E-state index in [0.717, 1.165) is 15.5 Å². The number of ether oxygens (including phenoxy) is 2. The summed E-state index contributed by atoms with van der Waals surface area (Å²) in [6, 6.07) is 7.84. The number of likely N-dealkylation sites (tertiary alicyclic amines) is 1. The predicted octanol–water partition coefficient (Wildman–Crippen LogP) is 3.16. The Hall–Kier alpha value is -2.88. The first-order valence-corrected chi connectivity index (χ1v) is 9.90. The molecule has 10 heteroatoms. The van der Waals surface area contributed by atoms with Gasteiger partial charge in [-0.15, -0.1) is 0 Å². The number of nitrogens with zero attached hydrogens (tertiary/aromatic N) is 5. The molecule has 0 aliphatic carbocycles. The van der Waals surface area contributed by atoms with E-state index in [2.05, 4.69) is 30.9 Å². The lowest BCUT2D eigenvalue weighted by Crippen LogP contribution is -2.57. The second kappa shape index (κ2) is 7.18. The van der Waals surface area contributed by atoms with E-state index in [-0.39, 0.29) is 18.1 Å². The zero-order valence-electron chi connectivity index (χ0n) is 16.3. The van der Waals surface area contributed by atoms with Gasteiger partial charge in [0.15, 0.2) is 0 Å². The Labute approximate surface area is 176 Å². The Bertz CT molecular complexity index is 1070. The zero-order valence-corrected chi connectivity index (χ0v) is 17.9. The summed E-state index contributed by atoms with van der Waals surface area (Å²) in [4.78, 5) is 26.6. The molecule has 1 saturated heterocycles. The van der Waals surface area contributed by atoms with Gasteiger partial charge >= 0.3 is 12.1 Å². The van der Waals surface area contributed by atoms with Crippen molar-refractivity contribution in [2.75, 3.05) is 18.8 Å². The Morgan fingerprint density at radius 1 is 1.24 bits per heavy atom. The summed E-state index contributed by atoms with van der Waals surface area (Å²) in [5.74, 6) is 0.710. The molecule has 3 aromatic rings. The largest absolute Gasteiger partial charge is 0.457 e. The zero-order chi connectivity index (χ0) is 20.8. The fourth-order valence-corrected chi connectivity index (χ4v) is 3.30. The van der Waals surface area contributed by atoms with Crippen LogP contribution in [0.4, 0.5) is 10.7 Å². The van der Waals surface area contributed by atoms with Crippen LogP contribution >= 0.6 is 15.9 Å². The van der Waals surface area contributed by atoms with E-state index in [4.69, 9.17) is 15.2 Å². The summed E-state index contributed by atoms with van der Waals surface area (Å²) in [6.45, 7) is 6.37. The van der Waals surface area contributed by atoms with Gasteiger partial charge in [-0.05, 0) is 39.0 Å². The SMILES string of the molecule is CC(C)(C)OC(=O)N1CC(Oc2nc3ccc(Br)cc3n2-c2ccnc(N)n2)C1. The first-order chi connectivity index (χ1) is 13.7. The van der Waals surface area contributed by atoms with Gasteiger partial charge in [0.1, 0.15) is 17.5 Å². The number of benzene rings is 1. The Balaban J connectivity index is 1.59. The van der Waals surface area contributed by atoms with Crippen LogP contribution in [-0.4, -0.2) is 55.3 Å². The molecule has 9 nitrogen and oxygen atoms in total. The highest BCUT2D eigenvalue weighted by atomic mass is 79.9. The fourth-order valence-electron chi connectivity index (χ4n) is 2.95. The molecule has 152 valence electrons. The van der Waals surface area contributed by atoms with E-state index < -0.39 is 5.60 Å². The number of rotatable bonds is 3. The summed E-state index contributed by atoms with van der Waals surface area (Å²) in [7, 11) is 0. The van der Waals surface area contributed by atoms with Gasteiger partial charge in [-0.3, -0.25) is 0 Å². The average molecular weight is 461 g/mol. The van der Waals surface area contributed by atoms with Crippen molar-refractivity contribution in [3.8, 4) is 11.8 Å². The van der Waals surface area contributed by atoms with E-state index in [9.17, 15) is 4.79 Å². The number of amides is 1. The van der Waals surface area contributed by atoms with Crippen LogP contribution in [0.3, 0.4) is 0 Å². The van der Waals surface area contributed by atoms with Crippen LogP contribution in [0, 0.1) is 0 Å². The van der Waals surface area contributed by atoms with Crippen LogP contribution in [0.1, 0.15) is 20.8 Å². The Kier molecular flexibility index (Phi) is 4.81. The topological polar surface area (TPSA) is 108 Å². The summed E-state index contributed by atoms with van der Waals surface area (Å²) in [5, 5.41) is 0. The number of hydrogen-bond donors (Lipinski definition) is 1. The highest BCUT2D eigenvalue weighted by molar-refractivity contribution is 9.10. The number of imidazole rings is 1. The van der Waals surface area contributed by atoms with Crippen LogP contribution in [0.2, 0.25) is 0 Å².